The Morgan fingerprint density at radius 3 is 2.68 bits per heavy atom. The SMILES string of the molecule is O=C(CCSc1ncnc2scc(-c3ccccc3)c12)Nc1ccccc1F. The molecule has 0 aliphatic rings. The van der Waals surface area contributed by atoms with E-state index in [1.807, 2.05) is 18.2 Å². The van der Waals surface area contributed by atoms with Crippen molar-refractivity contribution in [2.75, 3.05) is 11.1 Å². The number of fused-ring (bicyclic) bond motifs is 1. The molecule has 4 aromatic rings. The third kappa shape index (κ3) is 4.05. The van der Waals surface area contributed by atoms with Crippen LogP contribution in [0.15, 0.2) is 71.3 Å². The zero-order chi connectivity index (χ0) is 19.3. The van der Waals surface area contributed by atoms with E-state index in [1.54, 1.807) is 35.9 Å². The second-order valence-electron chi connectivity index (χ2n) is 6.00. The van der Waals surface area contributed by atoms with Gasteiger partial charge in [-0.1, -0.05) is 42.5 Å². The fourth-order valence-electron chi connectivity index (χ4n) is 2.80. The van der Waals surface area contributed by atoms with Crippen LogP contribution in [0.25, 0.3) is 21.3 Å². The van der Waals surface area contributed by atoms with Gasteiger partial charge in [0, 0.05) is 23.1 Å². The van der Waals surface area contributed by atoms with Crippen LogP contribution in [-0.4, -0.2) is 21.6 Å². The molecule has 1 N–H and O–H groups in total. The van der Waals surface area contributed by atoms with Crippen LogP contribution in [0, 0.1) is 5.82 Å². The molecule has 0 aliphatic carbocycles. The number of rotatable bonds is 6. The minimum Gasteiger partial charge on any atom is -0.324 e. The highest BCUT2D eigenvalue weighted by atomic mass is 32.2. The van der Waals surface area contributed by atoms with Gasteiger partial charge in [0.15, 0.2) is 0 Å². The van der Waals surface area contributed by atoms with E-state index in [0.717, 1.165) is 26.4 Å². The summed E-state index contributed by atoms with van der Waals surface area (Å²) in [6.45, 7) is 0. The van der Waals surface area contributed by atoms with Gasteiger partial charge in [-0.15, -0.1) is 23.1 Å². The van der Waals surface area contributed by atoms with Crippen molar-refractivity contribution < 1.29 is 9.18 Å². The first-order valence-electron chi connectivity index (χ1n) is 8.67. The third-order valence-electron chi connectivity index (χ3n) is 4.14. The number of nitrogens with one attached hydrogen (secondary N) is 1. The predicted octanol–water partition coefficient (Wildman–Crippen LogP) is 5.62. The van der Waals surface area contributed by atoms with Crippen molar-refractivity contribution in [2.45, 2.75) is 11.4 Å². The summed E-state index contributed by atoms with van der Waals surface area (Å²) in [6.07, 6.45) is 1.81. The second-order valence-corrected chi connectivity index (χ2v) is 7.94. The number of thioether (sulfide) groups is 1. The lowest BCUT2D eigenvalue weighted by Gasteiger charge is -2.07. The molecule has 2 heterocycles. The average molecular weight is 410 g/mol. The number of benzene rings is 2. The zero-order valence-electron chi connectivity index (χ0n) is 14.8. The Balaban J connectivity index is 1.47. The lowest BCUT2D eigenvalue weighted by atomic mass is 10.1. The molecule has 0 aliphatic heterocycles. The molecule has 0 fully saturated rings. The summed E-state index contributed by atoms with van der Waals surface area (Å²) in [5.74, 6) is -0.125. The van der Waals surface area contributed by atoms with Crippen LogP contribution in [-0.2, 0) is 4.79 Å². The highest BCUT2D eigenvalue weighted by Crippen LogP contribution is 2.37. The number of thiophene rings is 1. The van der Waals surface area contributed by atoms with E-state index in [4.69, 9.17) is 0 Å². The fraction of sp³-hybridized carbons (Fsp3) is 0.0952. The Kier molecular flexibility index (Phi) is 5.64. The first-order chi connectivity index (χ1) is 13.7. The number of para-hydroxylation sites is 1. The van der Waals surface area contributed by atoms with E-state index >= 15 is 0 Å². The van der Waals surface area contributed by atoms with Crippen molar-refractivity contribution in [2.24, 2.45) is 0 Å². The topological polar surface area (TPSA) is 54.9 Å². The molecule has 7 heteroatoms. The number of nitrogens with zero attached hydrogens (tertiary/aromatic N) is 2. The quantitative estimate of drug-likeness (QED) is 0.332. The summed E-state index contributed by atoms with van der Waals surface area (Å²) < 4.78 is 13.6. The Morgan fingerprint density at radius 2 is 1.86 bits per heavy atom. The molecular weight excluding hydrogens is 393 g/mol. The van der Waals surface area contributed by atoms with Crippen molar-refractivity contribution in [1.29, 1.82) is 0 Å². The number of hydrogen-bond acceptors (Lipinski definition) is 5. The monoisotopic (exact) mass is 409 g/mol. The molecule has 1 amide bonds. The molecule has 28 heavy (non-hydrogen) atoms. The van der Waals surface area contributed by atoms with Crippen molar-refractivity contribution in [3.63, 3.8) is 0 Å². The highest BCUT2D eigenvalue weighted by molar-refractivity contribution is 7.99. The van der Waals surface area contributed by atoms with Crippen LogP contribution >= 0.6 is 23.1 Å². The zero-order valence-corrected chi connectivity index (χ0v) is 16.4. The first-order valence-corrected chi connectivity index (χ1v) is 10.5. The van der Waals surface area contributed by atoms with Crippen LogP contribution in [0.4, 0.5) is 10.1 Å². The van der Waals surface area contributed by atoms with E-state index in [9.17, 15) is 9.18 Å². The molecule has 0 saturated carbocycles. The molecule has 0 bridgehead atoms. The number of carbonyl (C=O) groups is 1. The molecule has 2 aromatic carbocycles. The van der Waals surface area contributed by atoms with Crippen LogP contribution in [0.1, 0.15) is 6.42 Å². The highest BCUT2D eigenvalue weighted by Gasteiger charge is 2.14. The molecule has 0 saturated heterocycles. The van der Waals surface area contributed by atoms with Gasteiger partial charge in [0.25, 0.3) is 0 Å². The Morgan fingerprint density at radius 1 is 1.07 bits per heavy atom. The van der Waals surface area contributed by atoms with Crippen molar-refractivity contribution in [3.05, 3.63) is 72.1 Å². The molecule has 4 rings (SSSR count). The number of carbonyl (C=O) groups excluding carboxylic acids is 1. The number of halogens is 1. The molecule has 2 aromatic heterocycles. The van der Waals surface area contributed by atoms with Gasteiger partial charge in [-0.2, -0.15) is 0 Å². The largest absolute Gasteiger partial charge is 0.324 e. The lowest BCUT2D eigenvalue weighted by molar-refractivity contribution is -0.115. The number of anilines is 1. The minimum absolute atomic E-state index is 0.200. The minimum atomic E-state index is -0.438. The summed E-state index contributed by atoms with van der Waals surface area (Å²) in [4.78, 5) is 21.9. The van der Waals surface area contributed by atoms with Gasteiger partial charge in [-0.05, 0) is 17.7 Å². The summed E-state index contributed by atoms with van der Waals surface area (Å²) in [7, 11) is 0. The number of hydrogen-bond donors (Lipinski definition) is 1. The van der Waals surface area contributed by atoms with Gasteiger partial charge in [-0.25, -0.2) is 14.4 Å². The van der Waals surface area contributed by atoms with Crippen molar-refractivity contribution in [1.82, 2.24) is 9.97 Å². The molecule has 140 valence electrons. The van der Waals surface area contributed by atoms with Crippen LogP contribution in [0.5, 0.6) is 0 Å². The maximum atomic E-state index is 13.6. The van der Waals surface area contributed by atoms with Crippen molar-refractivity contribution >= 4 is 44.9 Å². The summed E-state index contributed by atoms with van der Waals surface area (Å²) in [5.41, 5.74) is 2.41. The Bertz CT molecular complexity index is 1120. The standard InChI is InChI=1S/C21H16FN3OS2/c22-16-8-4-5-9-17(16)25-18(26)10-11-27-20-19-15(14-6-2-1-3-7-14)12-28-21(19)24-13-23-20/h1-9,12-13H,10-11H2,(H,25,26). The van der Waals surface area contributed by atoms with Gasteiger partial charge in [-0.3, -0.25) is 4.79 Å². The van der Waals surface area contributed by atoms with E-state index in [1.165, 1.54) is 17.8 Å². The van der Waals surface area contributed by atoms with E-state index in [0.29, 0.717) is 5.75 Å². The molecule has 0 unspecified atom stereocenters. The molecular formula is C21H16FN3OS2. The third-order valence-corrected chi connectivity index (χ3v) is 6.01. The molecule has 0 spiro atoms. The van der Waals surface area contributed by atoms with Gasteiger partial charge < -0.3 is 5.32 Å². The first kappa shape index (κ1) is 18.6. The normalized spacial score (nSPS) is 10.9. The maximum absolute atomic E-state index is 13.6. The van der Waals surface area contributed by atoms with E-state index < -0.39 is 5.82 Å². The van der Waals surface area contributed by atoms with Gasteiger partial charge in [0.1, 0.15) is 22.0 Å². The second kappa shape index (κ2) is 8.50. The van der Waals surface area contributed by atoms with Crippen LogP contribution in [0.2, 0.25) is 0 Å². The van der Waals surface area contributed by atoms with Gasteiger partial charge >= 0.3 is 0 Å². The maximum Gasteiger partial charge on any atom is 0.225 e. The van der Waals surface area contributed by atoms with Crippen LogP contribution < -0.4 is 5.32 Å². The summed E-state index contributed by atoms with van der Waals surface area (Å²) in [6, 6.07) is 16.3. The van der Waals surface area contributed by atoms with Crippen molar-refractivity contribution in [3.8, 4) is 11.1 Å². The number of aromatic nitrogens is 2. The summed E-state index contributed by atoms with van der Waals surface area (Å²) >= 11 is 3.09. The Hall–Kier alpha value is -2.77. The molecule has 4 nitrogen and oxygen atoms in total. The Labute approximate surface area is 169 Å². The van der Waals surface area contributed by atoms with E-state index in [2.05, 4.69) is 32.8 Å². The smallest absolute Gasteiger partial charge is 0.225 e. The lowest BCUT2D eigenvalue weighted by Crippen LogP contribution is -2.13. The average Bonchev–Trinajstić information content (AvgIpc) is 3.15. The van der Waals surface area contributed by atoms with Gasteiger partial charge in [0.05, 0.1) is 11.1 Å². The molecule has 0 atom stereocenters. The van der Waals surface area contributed by atoms with E-state index in [-0.39, 0.29) is 18.0 Å². The van der Waals surface area contributed by atoms with Gasteiger partial charge in [0.2, 0.25) is 5.91 Å². The fourth-order valence-corrected chi connectivity index (χ4v) is 4.74. The molecule has 0 radical (unpaired) electrons. The van der Waals surface area contributed by atoms with Crippen LogP contribution in [0.3, 0.4) is 0 Å². The number of amides is 1. The summed E-state index contributed by atoms with van der Waals surface area (Å²) in [5, 5.41) is 6.56. The predicted molar refractivity (Wildman–Crippen MR) is 113 cm³/mol.